The maximum absolute atomic E-state index is 13.1. The SMILES string of the molecule is Cc1cc(C(=O)C2CCCCCN2)ccc1F. The van der Waals surface area contributed by atoms with Gasteiger partial charge in [0, 0.05) is 5.56 Å². The van der Waals surface area contributed by atoms with Gasteiger partial charge in [0.1, 0.15) is 5.82 Å². The molecule has 0 bridgehead atoms. The van der Waals surface area contributed by atoms with Crippen LogP contribution in [0.25, 0.3) is 0 Å². The summed E-state index contributed by atoms with van der Waals surface area (Å²) in [7, 11) is 0. The number of hydrogen-bond donors (Lipinski definition) is 1. The average Bonchev–Trinajstić information content (AvgIpc) is 2.60. The zero-order valence-corrected chi connectivity index (χ0v) is 10.1. The third-order valence-electron chi connectivity index (χ3n) is 3.32. The van der Waals surface area contributed by atoms with Crippen LogP contribution in [0.2, 0.25) is 0 Å². The predicted octanol–water partition coefficient (Wildman–Crippen LogP) is 2.85. The molecule has 1 atom stereocenters. The molecule has 1 N–H and O–H groups in total. The van der Waals surface area contributed by atoms with Gasteiger partial charge in [-0.25, -0.2) is 4.39 Å². The first kappa shape index (κ1) is 12.2. The van der Waals surface area contributed by atoms with Gasteiger partial charge in [-0.3, -0.25) is 4.79 Å². The van der Waals surface area contributed by atoms with Crippen molar-refractivity contribution in [3.8, 4) is 0 Å². The van der Waals surface area contributed by atoms with E-state index >= 15 is 0 Å². The Morgan fingerprint density at radius 2 is 2.18 bits per heavy atom. The van der Waals surface area contributed by atoms with Gasteiger partial charge < -0.3 is 5.32 Å². The third-order valence-corrected chi connectivity index (χ3v) is 3.32. The maximum Gasteiger partial charge on any atom is 0.179 e. The van der Waals surface area contributed by atoms with Crippen LogP contribution in [0.15, 0.2) is 18.2 Å². The Labute approximate surface area is 101 Å². The van der Waals surface area contributed by atoms with E-state index in [4.69, 9.17) is 0 Å². The molecule has 1 aromatic carbocycles. The van der Waals surface area contributed by atoms with Crippen molar-refractivity contribution in [3.05, 3.63) is 35.1 Å². The molecular weight excluding hydrogens is 217 g/mol. The Morgan fingerprint density at radius 1 is 1.35 bits per heavy atom. The molecule has 2 nitrogen and oxygen atoms in total. The number of aryl methyl sites for hydroxylation is 1. The van der Waals surface area contributed by atoms with Crippen molar-refractivity contribution in [1.29, 1.82) is 0 Å². The normalized spacial score (nSPS) is 20.9. The van der Waals surface area contributed by atoms with Crippen LogP contribution < -0.4 is 5.32 Å². The molecule has 2 rings (SSSR count). The highest BCUT2D eigenvalue weighted by Gasteiger charge is 2.21. The molecule has 1 aromatic rings. The fourth-order valence-corrected chi connectivity index (χ4v) is 2.25. The maximum atomic E-state index is 13.1. The molecule has 0 aromatic heterocycles. The smallest absolute Gasteiger partial charge is 0.179 e. The molecule has 1 fully saturated rings. The van der Waals surface area contributed by atoms with E-state index < -0.39 is 0 Å². The summed E-state index contributed by atoms with van der Waals surface area (Å²) in [6, 6.07) is 4.50. The monoisotopic (exact) mass is 235 g/mol. The molecule has 1 saturated heterocycles. The van der Waals surface area contributed by atoms with E-state index in [1.54, 1.807) is 19.1 Å². The van der Waals surface area contributed by atoms with Gasteiger partial charge in [-0.2, -0.15) is 0 Å². The first-order chi connectivity index (χ1) is 8.18. The first-order valence-corrected chi connectivity index (χ1v) is 6.22. The Morgan fingerprint density at radius 3 is 2.94 bits per heavy atom. The van der Waals surface area contributed by atoms with E-state index in [0.717, 1.165) is 25.8 Å². The van der Waals surface area contributed by atoms with Gasteiger partial charge in [0.05, 0.1) is 6.04 Å². The molecule has 0 spiro atoms. The fourth-order valence-electron chi connectivity index (χ4n) is 2.25. The number of Topliss-reactive ketones (excluding diaryl/α,β-unsaturated/α-hetero) is 1. The minimum absolute atomic E-state index is 0.0926. The van der Waals surface area contributed by atoms with Gasteiger partial charge in [0.2, 0.25) is 0 Å². The molecule has 17 heavy (non-hydrogen) atoms. The van der Waals surface area contributed by atoms with Gasteiger partial charge in [0.25, 0.3) is 0 Å². The molecule has 0 amide bonds. The van der Waals surface area contributed by atoms with E-state index in [2.05, 4.69) is 5.32 Å². The van der Waals surface area contributed by atoms with Crippen molar-refractivity contribution >= 4 is 5.78 Å². The zero-order valence-electron chi connectivity index (χ0n) is 10.1. The molecule has 1 aliphatic heterocycles. The van der Waals surface area contributed by atoms with Gasteiger partial charge in [-0.1, -0.05) is 12.8 Å². The largest absolute Gasteiger partial charge is 0.307 e. The summed E-state index contributed by atoms with van der Waals surface area (Å²) < 4.78 is 13.1. The molecule has 1 unspecified atom stereocenters. The highest BCUT2D eigenvalue weighted by Crippen LogP contribution is 2.15. The van der Waals surface area contributed by atoms with E-state index in [0.29, 0.717) is 11.1 Å². The Balaban J connectivity index is 2.14. The molecule has 0 saturated carbocycles. The number of carbonyl (C=O) groups is 1. The Bertz CT molecular complexity index is 409. The lowest BCUT2D eigenvalue weighted by molar-refractivity contribution is 0.0940. The number of halogens is 1. The van der Waals surface area contributed by atoms with Crippen LogP contribution in [-0.2, 0) is 0 Å². The van der Waals surface area contributed by atoms with Gasteiger partial charge in [-0.15, -0.1) is 0 Å². The van der Waals surface area contributed by atoms with Crippen molar-refractivity contribution in [2.75, 3.05) is 6.54 Å². The highest BCUT2D eigenvalue weighted by molar-refractivity contribution is 6.00. The van der Waals surface area contributed by atoms with Crippen LogP contribution in [0.1, 0.15) is 41.6 Å². The van der Waals surface area contributed by atoms with E-state index in [1.165, 1.54) is 12.5 Å². The number of ketones is 1. The van der Waals surface area contributed by atoms with Gasteiger partial charge >= 0.3 is 0 Å². The zero-order chi connectivity index (χ0) is 12.3. The summed E-state index contributed by atoms with van der Waals surface area (Å²) in [5.74, 6) is -0.162. The molecule has 1 heterocycles. The second-order valence-corrected chi connectivity index (χ2v) is 4.68. The van der Waals surface area contributed by atoms with Crippen molar-refractivity contribution in [2.45, 2.75) is 38.6 Å². The van der Waals surface area contributed by atoms with Crippen molar-refractivity contribution in [1.82, 2.24) is 5.32 Å². The van der Waals surface area contributed by atoms with Gasteiger partial charge in [0.15, 0.2) is 5.78 Å². The standard InChI is InChI=1S/C14H18FNO/c1-10-9-11(6-7-12(10)15)14(17)13-5-3-2-4-8-16-13/h6-7,9,13,16H,2-5,8H2,1H3. The number of rotatable bonds is 2. The van der Waals surface area contributed by atoms with Crippen LogP contribution in [0.5, 0.6) is 0 Å². The number of hydrogen-bond acceptors (Lipinski definition) is 2. The van der Waals surface area contributed by atoms with Crippen molar-refractivity contribution in [3.63, 3.8) is 0 Å². The topological polar surface area (TPSA) is 29.1 Å². The average molecular weight is 235 g/mol. The minimum Gasteiger partial charge on any atom is -0.307 e. The Kier molecular flexibility index (Phi) is 3.89. The summed E-state index contributed by atoms with van der Waals surface area (Å²) >= 11 is 0. The number of carbonyl (C=O) groups excluding carboxylic acids is 1. The minimum atomic E-state index is -0.254. The lowest BCUT2D eigenvalue weighted by atomic mass is 9.99. The molecular formula is C14H18FNO. The van der Waals surface area contributed by atoms with Crippen LogP contribution in [0.3, 0.4) is 0 Å². The lowest BCUT2D eigenvalue weighted by Crippen LogP contribution is -2.36. The van der Waals surface area contributed by atoms with Crippen LogP contribution >= 0.6 is 0 Å². The van der Waals surface area contributed by atoms with E-state index in [-0.39, 0.29) is 17.6 Å². The summed E-state index contributed by atoms with van der Waals surface area (Å²) in [4.78, 5) is 12.2. The fraction of sp³-hybridized carbons (Fsp3) is 0.500. The van der Waals surface area contributed by atoms with Gasteiger partial charge in [-0.05, 0) is 50.1 Å². The van der Waals surface area contributed by atoms with E-state index in [1.807, 2.05) is 0 Å². The molecule has 1 aliphatic rings. The Hall–Kier alpha value is -1.22. The molecule has 3 heteroatoms. The molecule has 92 valence electrons. The predicted molar refractivity (Wildman–Crippen MR) is 65.7 cm³/mol. The van der Waals surface area contributed by atoms with Crippen LogP contribution in [0, 0.1) is 12.7 Å². The van der Waals surface area contributed by atoms with Crippen LogP contribution in [0.4, 0.5) is 4.39 Å². The molecule has 0 aliphatic carbocycles. The van der Waals surface area contributed by atoms with Crippen LogP contribution in [-0.4, -0.2) is 18.4 Å². The quantitative estimate of drug-likeness (QED) is 0.799. The van der Waals surface area contributed by atoms with Crippen molar-refractivity contribution < 1.29 is 9.18 Å². The first-order valence-electron chi connectivity index (χ1n) is 6.22. The lowest BCUT2D eigenvalue weighted by Gasteiger charge is -2.14. The summed E-state index contributed by atoms with van der Waals surface area (Å²) in [6.45, 7) is 2.59. The second kappa shape index (κ2) is 5.41. The second-order valence-electron chi connectivity index (χ2n) is 4.68. The van der Waals surface area contributed by atoms with Crippen molar-refractivity contribution in [2.24, 2.45) is 0 Å². The summed E-state index contributed by atoms with van der Waals surface area (Å²) in [5.41, 5.74) is 1.15. The number of nitrogens with one attached hydrogen (secondary N) is 1. The number of benzene rings is 1. The summed E-state index contributed by atoms with van der Waals surface area (Å²) in [6.07, 6.45) is 4.28. The highest BCUT2D eigenvalue weighted by atomic mass is 19.1. The molecule has 0 radical (unpaired) electrons. The summed E-state index contributed by atoms with van der Waals surface area (Å²) in [5, 5.41) is 3.27. The third kappa shape index (κ3) is 2.91. The van der Waals surface area contributed by atoms with E-state index in [9.17, 15) is 9.18 Å².